The quantitative estimate of drug-likeness (QED) is 0.544. The summed E-state index contributed by atoms with van der Waals surface area (Å²) in [6, 6.07) is 7.32. The third-order valence-electron chi connectivity index (χ3n) is 2.07. The molecule has 0 spiro atoms. The van der Waals surface area contributed by atoms with Crippen molar-refractivity contribution >= 4 is 28.1 Å². The summed E-state index contributed by atoms with van der Waals surface area (Å²) in [5, 5.41) is 19.6. The van der Waals surface area contributed by atoms with E-state index in [0.717, 1.165) is 10.0 Å². The van der Waals surface area contributed by atoms with Crippen molar-refractivity contribution in [3.05, 3.63) is 34.3 Å². The Hall–Kier alpha value is -1.20. The molecule has 5 heteroatoms. The highest BCUT2D eigenvalue weighted by Crippen LogP contribution is 2.12. The number of hydrogen-bond acceptors (Lipinski definition) is 3. The third-order valence-corrected chi connectivity index (χ3v) is 2.60. The number of halogens is 1. The van der Waals surface area contributed by atoms with Crippen LogP contribution in [0.25, 0.3) is 0 Å². The van der Waals surface area contributed by atoms with E-state index >= 15 is 0 Å². The van der Waals surface area contributed by atoms with E-state index < -0.39 is 6.10 Å². The standard InChI is InChI=1S/C11H13BrN2O2/c12-9-3-1-8(2-4-9)11(13)5-10(16)6-14-7-15/h1-4,7,10,13,16H,5-6H2,(H,14,15). The molecule has 0 bridgehead atoms. The second-order valence-electron chi connectivity index (χ2n) is 3.37. The van der Waals surface area contributed by atoms with Gasteiger partial charge in [-0.05, 0) is 17.7 Å². The minimum Gasteiger partial charge on any atom is -0.391 e. The second kappa shape index (κ2) is 6.40. The van der Waals surface area contributed by atoms with Gasteiger partial charge in [0.15, 0.2) is 0 Å². The SMILES string of the molecule is N=C(CC(O)CNC=O)c1ccc(Br)cc1. The van der Waals surface area contributed by atoms with Crippen LogP contribution in [0.5, 0.6) is 0 Å². The number of benzene rings is 1. The molecule has 1 unspecified atom stereocenters. The first kappa shape index (κ1) is 12.9. The molecule has 1 atom stereocenters. The van der Waals surface area contributed by atoms with Crippen LogP contribution in [-0.2, 0) is 4.79 Å². The summed E-state index contributed by atoms with van der Waals surface area (Å²) in [5.41, 5.74) is 1.13. The van der Waals surface area contributed by atoms with Gasteiger partial charge in [-0.2, -0.15) is 0 Å². The summed E-state index contributed by atoms with van der Waals surface area (Å²) in [6.07, 6.45) is 0.0379. The molecule has 0 fully saturated rings. The van der Waals surface area contributed by atoms with Gasteiger partial charge in [-0.25, -0.2) is 0 Å². The van der Waals surface area contributed by atoms with Gasteiger partial charge >= 0.3 is 0 Å². The van der Waals surface area contributed by atoms with E-state index in [-0.39, 0.29) is 13.0 Å². The van der Waals surface area contributed by atoms with Crippen molar-refractivity contribution in [1.82, 2.24) is 5.32 Å². The van der Waals surface area contributed by atoms with Gasteiger partial charge in [0.05, 0.1) is 6.10 Å². The number of carbonyl (C=O) groups is 1. The van der Waals surface area contributed by atoms with Gasteiger partial charge < -0.3 is 15.8 Å². The van der Waals surface area contributed by atoms with Gasteiger partial charge in [-0.15, -0.1) is 0 Å². The molecule has 0 aliphatic heterocycles. The molecule has 1 rings (SSSR count). The highest BCUT2D eigenvalue weighted by Gasteiger charge is 2.08. The molecule has 86 valence electrons. The van der Waals surface area contributed by atoms with Crippen molar-refractivity contribution in [2.24, 2.45) is 0 Å². The van der Waals surface area contributed by atoms with Crippen LogP contribution < -0.4 is 5.32 Å². The highest BCUT2D eigenvalue weighted by atomic mass is 79.9. The lowest BCUT2D eigenvalue weighted by molar-refractivity contribution is -0.109. The largest absolute Gasteiger partial charge is 0.391 e. The molecular weight excluding hydrogens is 272 g/mol. The Balaban J connectivity index is 2.51. The van der Waals surface area contributed by atoms with Crippen LogP contribution in [0.1, 0.15) is 12.0 Å². The van der Waals surface area contributed by atoms with E-state index in [1.807, 2.05) is 24.3 Å². The zero-order chi connectivity index (χ0) is 12.0. The van der Waals surface area contributed by atoms with Gasteiger partial charge in [0, 0.05) is 23.1 Å². The van der Waals surface area contributed by atoms with Crippen molar-refractivity contribution in [3.8, 4) is 0 Å². The Bertz CT molecular complexity index is 365. The number of aliphatic hydroxyl groups is 1. The number of aliphatic hydroxyl groups excluding tert-OH is 1. The lowest BCUT2D eigenvalue weighted by atomic mass is 10.0. The minimum absolute atomic E-state index is 0.169. The molecule has 16 heavy (non-hydrogen) atoms. The van der Waals surface area contributed by atoms with Crippen LogP contribution in [0.2, 0.25) is 0 Å². The number of rotatable bonds is 6. The van der Waals surface area contributed by atoms with E-state index in [4.69, 9.17) is 5.41 Å². The molecule has 0 aliphatic rings. The van der Waals surface area contributed by atoms with Crippen LogP contribution in [0.4, 0.5) is 0 Å². The Morgan fingerprint density at radius 3 is 2.69 bits per heavy atom. The Labute approximate surface area is 102 Å². The van der Waals surface area contributed by atoms with Crippen LogP contribution in [0.15, 0.2) is 28.7 Å². The molecule has 0 aromatic heterocycles. The first-order valence-electron chi connectivity index (χ1n) is 4.82. The Kier molecular flexibility index (Phi) is 5.14. The average Bonchev–Trinajstić information content (AvgIpc) is 2.27. The van der Waals surface area contributed by atoms with Gasteiger partial charge in [0.25, 0.3) is 0 Å². The lowest BCUT2D eigenvalue weighted by Gasteiger charge is -2.10. The number of hydrogen-bond donors (Lipinski definition) is 3. The van der Waals surface area contributed by atoms with Crippen LogP contribution in [0, 0.1) is 5.41 Å². The number of amides is 1. The second-order valence-corrected chi connectivity index (χ2v) is 4.29. The number of nitrogens with one attached hydrogen (secondary N) is 2. The van der Waals surface area contributed by atoms with Gasteiger partial charge in [0.1, 0.15) is 0 Å². The molecular formula is C11H13BrN2O2. The van der Waals surface area contributed by atoms with Gasteiger partial charge in [-0.1, -0.05) is 28.1 Å². The molecule has 0 saturated heterocycles. The summed E-state index contributed by atoms with van der Waals surface area (Å²) >= 11 is 3.31. The van der Waals surface area contributed by atoms with E-state index in [1.165, 1.54) is 0 Å². The van der Waals surface area contributed by atoms with E-state index in [0.29, 0.717) is 12.1 Å². The average molecular weight is 285 g/mol. The third kappa shape index (κ3) is 4.12. The molecule has 1 aromatic carbocycles. The predicted octanol–water partition coefficient (Wildman–Crippen LogP) is 1.31. The van der Waals surface area contributed by atoms with Gasteiger partial charge in [0.2, 0.25) is 6.41 Å². The maximum Gasteiger partial charge on any atom is 0.207 e. The fourth-order valence-electron chi connectivity index (χ4n) is 1.26. The monoisotopic (exact) mass is 284 g/mol. The lowest BCUT2D eigenvalue weighted by Crippen LogP contribution is -2.27. The van der Waals surface area contributed by atoms with E-state index in [9.17, 15) is 9.90 Å². The summed E-state index contributed by atoms with van der Waals surface area (Å²) in [5.74, 6) is 0. The van der Waals surface area contributed by atoms with Crippen LogP contribution >= 0.6 is 15.9 Å². The van der Waals surface area contributed by atoms with Crippen molar-refractivity contribution in [2.45, 2.75) is 12.5 Å². The fourth-order valence-corrected chi connectivity index (χ4v) is 1.53. The van der Waals surface area contributed by atoms with E-state index in [2.05, 4.69) is 21.2 Å². The topological polar surface area (TPSA) is 73.2 Å². The molecule has 0 heterocycles. The van der Waals surface area contributed by atoms with Crippen molar-refractivity contribution in [2.75, 3.05) is 6.54 Å². The molecule has 4 nitrogen and oxygen atoms in total. The molecule has 0 radical (unpaired) electrons. The molecule has 1 amide bonds. The molecule has 1 aromatic rings. The summed E-state index contributed by atoms with van der Waals surface area (Å²) < 4.78 is 0.951. The minimum atomic E-state index is -0.721. The molecule has 0 saturated carbocycles. The van der Waals surface area contributed by atoms with Crippen molar-refractivity contribution in [1.29, 1.82) is 5.41 Å². The van der Waals surface area contributed by atoms with Gasteiger partial charge in [-0.3, -0.25) is 4.79 Å². The molecule has 0 aliphatic carbocycles. The maximum atomic E-state index is 10.0. The normalized spacial score (nSPS) is 11.9. The summed E-state index contributed by atoms with van der Waals surface area (Å²) in [7, 11) is 0. The van der Waals surface area contributed by atoms with Crippen LogP contribution in [-0.4, -0.2) is 29.9 Å². The Morgan fingerprint density at radius 2 is 2.12 bits per heavy atom. The predicted molar refractivity (Wildman–Crippen MR) is 65.7 cm³/mol. The number of carbonyl (C=O) groups excluding carboxylic acids is 1. The highest BCUT2D eigenvalue weighted by molar-refractivity contribution is 9.10. The molecule has 3 N–H and O–H groups in total. The maximum absolute atomic E-state index is 10.0. The Morgan fingerprint density at radius 1 is 1.50 bits per heavy atom. The fraction of sp³-hybridized carbons (Fsp3) is 0.273. The summed E-state index contributed by atoms with van der Waals surface area (Å²) in [4.78, 5) is 10.0. The van der Waals surface area contributed by atoms with Crippen molar-refractivity contribution < 1.29 is 9.90 Å². The first-order valence-corrected chi connectivity index (χ1v) is 5.61. The van der Waals surface area contributed by atoms with Crippen molar-refractivity contribution in [3.63, 3.8) is 0 Å². The zero-order valence-corrected chi connectivity index (χ0v) is 10.2. The smallest absolute Gasteiger partial charge is 0.207 e. The first-order chi connectivity index (χ1) is 7.63. The zero-order valence-electron chi connectivity index (χ0n) is 8.61. The van der Waals surface area contributed by atoms with E-state index in [1.54, 1.807) is 0 Å². The van der Waals surface area contributed by atoms with Crippen LogP contribution in [0.3, 0.4) is 0 Å². The summed E-state index contributed by atoms with van der Waals surface area (Å²) in [6.45, 7) is 0.169.